The highest BCUT2D eigenvalue weighted by molar-refractivity contribution is 4.76. The predicted molar refractivity (Wildman–Crippen MR) is 44.8 cm³/mol. The predicted octanol–water partition coefficient (Wildman–Crippen LogP) is -0.625. The van der Waals surface area contributed by atoms with Gasteiger partial charge in [0.05, 0.1) is 37.9 Å². The summed E-state index contributed by atoms with van der Waals surface area (Å²) in [6.45, 7) is 3.08. The van der Waals surface area contributed by atoms with Crippen LogP contribution in [0.15, 0.2) is 0 Å². The highest BCUT2D eigenvalue weighted by Gasteiger charge is 2.28. The van der Waals surface area contributed by atoms with Crippen molar-refractivity contribution in [2.45, 2.75) is 20.0 Å². The molecule has 4 nitrogen and oxygen atoms in total. The van der Waals surface area contributed by atoms with Gasteiger partial charge in [-0.2, -0.15) is 0 Å². The fraction of sp³-hybridized carbons (Fsp3) is 1.00. The molecule has 0 fully saturated rings. The van der Waals surface area contributed by atoms with E-state index in [1.807, 2.05) is 13.8 Å². The van der Waals surface area contributed by atoms with Gasteiger partial charge < -0.3 is 20.1 Å². The van der Waals surface area contributed by atoms with Crippen LogP contribution >= 0.6 is 0 Å². The van der Waals surface area contributed by atoms with Crippen LogP contribution in [0.5, 0.6) is 0 Å². The smallest absolute Gasteiger partial charge is 0.0629 e. The summed E-state index contributed by atoms with van der Waals surface area (Å²) in [5.41, 5.74) is -0.899. The van der Waals surface area contributed by atoms with Gasteiger partial charge in [0, 0.05) is 0 Å². The summed E-state index contributed by atoms with van der Waals surface area (Å²) in [5.74, 6) is 0. The zero-order valence-corrected chi connectivity index (χ0v) is 7.66. The van der Waals surface area contributed by atoms with Crippen molar-refractivity contribution in [3.05, 3.63) is 0 Å². The average Bonchev–Trinajstić information content (AvgIpc) is 2.08. The maximum Gasteiger partial charge on any atom is 0.0629 e. The van der Waals surface area contributed by atoms with Crippen molar-refractivity contribution < 1.29 is 20.1 Å². The number of rotatable bonds is 6. The third-order valence-corrected chi connectivity index (χ3v) is 1.73. The van der Waals surface area contributed by atoms with Crippen molar-refractivity contribution in [2.75, 3.05) is 26.4 Å². The molecule has 0 unspecified atom stereocenters. The van der Waals surface area contributed by atoms with Crippen molar-refractivity contribution in [3.8, 4) is 0 Å². The van der Waals surface area contributed by atoms with Gasteiger partial charge in [0.2, 0.25) is 0 Å². The topological polar surface area (TPSA) is 69.9 Å². The van der Waals surface area contributed by atoms with Gasteiger partial charge in [-0.05, 0) is 13.8 Å². The molecule has 0 bridgehead atoms. The summed E-state index contributed by atoms with van der Waals surface area (Å²) in [5, 5.41) is 26.7. The van der Waals surface area contributed by atoms with E-state index in [-0.39, 0.29) is 32.5 Å². The Labute approximate surface area is 72.8 Å². The minimum absolute atomic E-state index is 0.0361. The van der Waals surface area contributed by atoms with Crippen LogP contribution in [-0.4, -0.2) is 47.9 Å². The summed E-state index contributed by atoms with van der Waals surface area (Å²) in [4.78, 5) is 0. The highest BCUT2D eigenvalue weighted by atomic mass is 16.5. The zero-order chi connectivity index (χ0) is 9.61. The van der Waals surface area contributed by atoms with Crippen LogP contribution in [0.4, 0.5) is 0 Å². The zero-order valence-electron chi connectivity index (χ0n) is 7.66. The van der Waals surface area contributed by atoms with Crippen LogP contribution in [0.25, 0.3) is 0 Å². The molecule has 0 aromatic heterocycles. The van der Waals surface area contributed by atoms with Gasteiger partial charge in [-0.25, -0.2) is 0 Å². The molecule has 0 aliphatic rings. The van der Waals surface area contributed by atoms with E-state index in [0.29, 0.717) is 0 Å². The van der Waals surface area contributed by atoms with E-state index in [4.69, 9.17) is 20.1 Å². The second kappa shape index (κ2) is 5.48. The Morgan fingerprint density at radius 2 is 1.50 bits per heavy atom. The Balaban J connectivity index is 3.93. The number of ether oxygens (including phenoxy) is 1. The molecule has 0 saturated carbocycles. The van der Waals surface area contributed by atoms with Crippen LogP contribution in [0, 0.1) is 5.41 Å². The molecule has 0 atom stereocenters. The van der Waals surface area contributed by atoms with Crippen LogP contribution in [-0.2, 0) is 4.74 Å². The van der Waals surface area contributed by atoms with Crippen LogP contribution in [0.2, 0.25) is 0 Å². The molecule has 0 spiro atoms. The second-order valence-corrected chi connectivity index (χ2v) is 3.33. The number of hydrogen-bond donors (Lipinski definition) is 3. The summed E-state index contributed by atoms with van der Waals surface area (Å²) >= 11 is 0. The molecule has 3 N–H and O–H groups in total. The summed E-state index contributed by atoms with van der Waals surface area (Å²) in [7, 11) is 0. The maximum atomic E-state index is 8.89. The van der Waals surface area contributed by atoms with E-state index in [2.05, 4.69) is 0 Å². The number of hydrogen-bond acceptors (Lipinski definition) is 4. The lowest BCUT2D eigenvalue weighted by Crippen LogP contribution is -2.39. The lowest BCUT2D eigenvalue weighted by molar-refractivity contribution is -0.0724. The van der Waals surface area contributed by atoms with Crippen molar-refractivity contribution in [1.29, 1.82) is 0 Å². The Hall–Kier alpha value is -0.160. The minimum Gasteiger partial charge on any atom is -0.396 e. The summed E-state index contributed by atoms with van der Waals surface area (Å²) < 4.78 is 5.20. The van der Waals surface area contributed by atoms with Crippen LogP contribution in [0.3, 0.4) is 0 Å². The second-order valence-electron chi connectivity index (χ2n) is 3.33. The summed E-state index contributed by atoms with van der Waals surface area (Å²) in [6.07, 6.45) is 0.0361. The van der Waals surface area contributed by atoms with E-state index >= 15 is 0 Å². The maximum absolute atomic E-state index is 8.89. The first-order valence-electron chi connectivity index (χ1n) is 4.04. The molecule has 12 heavy (non-hydrogen) atoms. The number of aliphatic hydroxyl groups is 3. The number of aliphatic hydroxyl groups excluding tert-OH is 3. The largest absolute Gasteiger partial charge is 0.396 e. The monoisotopic (exact) mass is 178 g/mol. The molecule has 4 heteroatoms. The fourth-order valence-corrected chi connectivity index (χ4v) is 0.630. The lowest BCUT2D eigenvalue weighted by Gasteiger charge is -2.27. The third kappa shape index (κ3) is 3.49. The summed E-state index contributed by atoms with van der Waals surface area (Å²) in [6, 6.07) is 0. The minimum atomic E-state index is -0.899. The van der Waals surface area contributed by atoms with Gasteiger partial charge in [0.1, 0.15) is 0 Å². The molecule has 0 amide bonds. The van der Waals surface area contributed by atoms with E-state index in [9.17, 15) is 0 Å². The van der Waals surface area contributed by atoms with Crippen LogP contribution < -0.4 is 0 Å². The lowest BCUT2D eigenvalue weighted by atomic mass is 9.92. The first-order valence-corrected chi connectivity index (χ1v) is 4.04. The standard InChI is InChI=1S/C8H18O4/c1-7(2)12-6-8(3-9,4-10)5-11/h7,9-11H,3-6H2,1-2H3. The normalized spacial score (nSPS) is 12.5. The van der Waals surface area contributed by atoms with Gasteiger partial charge >= 0.3 is 0 Å². The quantitative estimate of drug-likeness (QED) is 0.506. The Morgan fingerprint density at radius 1 is 1.08 bits per heavy atom. The fourth-order valence-electron chi connectivity index (χ4n) is 0.630. The molecule has 0 aliphatic carbocycles. The van der Waals surface area contributed by atoms with E-state index < -0.39 is 5.41 Å². The van der Waals surface area contributed by atoms with Crippen molar-refractivity contribution in [2.24, 2.45) is 5.41 Å². The molecule has 0 aromatic carbocycles. The van der Waals surface area contributed by atoms with Gasteiger partial charge in [0.25, 0.3) is 0 Å². The van der Waals surface area contributed by atoms with Crippen molar-refractivity contribution in [1.82, 2.24) is 0 Å². The molecule has 0 saturated heterocycles. The Morgan fingerprint density at radius 3 is 1.75 bits per heavy atom. The molecule has 0 aliphatic heterocycles. The molecule has 0 aromatic rings. The van der Waals surface area contributed by atoms with Crippen LogP contribution in [0.1, 0.15) is 13.8 Å². The van der Waals surface area contributed by atoms with E-state index in [1.54, 1.807) is 0 Å². The van der Waals surface area contributed by atoms with Gasteiger partial charge in [-0.1, -0.05) is 0 Å². The molecule has 74 valence electrons. The highest BCUT2D eigenvalue weighted by Crippen LogP contribution is 2.15. The molecule has 0 rings (SSSR count). The Bertz CT molecular complexity index is 101. The van der Waals surface area contributed by atoms with Crippen molar-refractivity contribution >= 4 is 0 Å². The first-order chi connectivity index (χ1) is 5.60. The van der Waals surface area contributed by atoms with E-state index in [1.165, 1.54) is 0 Å². The average molecular weight is 178 g/mol. The SMILES string of the molecule is CC(C)OCC(CO)(CO)CO. The van der Waals surface area contributed by atoms with Gasteiger partial charge in [-0.15, -0.1) is 0 Å². The molecular formula is C8H18O4. The van der Waals surface area contributed by atoms with E-state index in [0.717, 1.165) is 0 Å². The van der Waals surface area contributed by atoms with Gasteiger partial charge in [-0.3, -0.25) is 0 Å². The molecule has 0 heterocycles. The molecule has 0 radical (unpaired) electrons. The first kappa shape index (κ1) is 11.8. The Kier molecular flexibility index (Phi) is 5.41. The molecular weight excluding hydrogens is 160 g/mol. The van der Waals surface area contributed by atoms with Crippen molar-refractivity contribution in [3.63, 3.8) is 0 Å². The van der Waals surface area contributed by atoms with Gasteiger partial charge in [0.15, 0.2) is 0 Å². The third-order valence-electron chi connectivity index (χ3n) is 1.73.